The summed E-state index contributed by atoms with van der Waals surface area (Å²) < 4.78 is 5.29. The number of nitrogens with zero attached hydrogens (tertiary/aromatic N) is 5. The SMILES string of the molecule is CCOc1ccc(C(=O)Nc2cc3nn(-c4ccc(N(CC)CC)cc4)nc3cc2C)cc1[N+](=O)[O-]. The van der Waals surface area contributed by atoms with Crippen LogP contribution in [0.3, 0.4) is 0 Å². The summed E-state index contributed by atoms with van der Waals surface area (Å²) in [6.45, 7) is 9.97. The summed E-state index contributed by atoms with van der Waals surface area (Å²) in [6, 6.07) is 15.8. The van der Waals surface area contributed by atoms with Crippen molar-refractivity contribution in [3.8, 4) is 11.4 Å². The van der Waals surface area contributed by atoms with Crippen LogP contribution in [0.5, 0.6) is 5.75 Å². The van der Waals surface area contributed by atoms with E-state index in [9.17, 15) is 14.9 Å². The minimum Gasteiger partial charge on any atom is -0.487 e. The lowest BCUT2D eigenvalue weighted by Crippen LogP contribution is -2.21. The van der Waals surface area contributed by atoms with Crippen molar-refractivity contribution in [3.63, 3.8) is 0 Å². The van der Waals surface area contributed by atoms with E-state index >= 15 is 0 Å². The molecule has 36 heavy (non-hydrogen) atoms. The highest BCUT2D eigenvalue weighted by Crippen LogP contribution is 2.29. The third-order valence-corrected chi connectivity index (χ3v) is 5.90. The number of anilines is 2. The number of ether oxygens (including phenoxy) is 1. The summed E-state index contributed by atoms with van der Waals surface area (Å²) >= 11 is 0. The van der Waals surface area contributed by atoms with Crippen LogP contribution in [0, 0.1) is 17.0 Å². The van der Waals surface area contributed by atoms with Crippen LogP contribution in [-0.2, 0) is 0 Å². The van der Waals surface area contributed by atoms with E-state index in [1.54, 1.807) is 17.8 Å². The van der Waals surface area contributed by atoms with E-state index in [-0.39, 0.29) is 23.6 Å². The molecule has 0 saturated carbocycles. The van der Waals surface area contributed by atoms with Gasteiger partial charge in [0.05, 0.1) is 17.2 Å². The van der Waals surface area contributed by atoms with E-state index in [4.69, 9.17) is 4.74 Å². The summed E-state index contributed by atoms with van der Waals surface area (Å²) in [5.74, 6) is -0.346. The molecule has 0 saturated heterocycles. The first-order valence-electron chi connectivity index (χ1n) is 11.8. The quantitative estimate of drug-likeness (QED) is 0.256. The van der Waals surface area contributed by atoms with Gasteiger partial charge in [-0.05, 0) is 81.8 Å². The fourth-order valence-corrected chi connectivity index (χ4v) is 3.98. The molecule has 10 nitrogen and oxygen atoms in total. The van der Waals surface area contributed by atoms with Gasteiger partial charge < -0.3 is 15.0 Å². The zero-order valence-corrected chi connectivity index (χ0v) is 20.7. The van der Waals surface area contributed by atoms with Gasteiger partial charge in [0.25, 0.3) is 5.91 Å². The second kappa shape index (κ2) is 10.4. The van der Waals surface area contributed by atoms with Gasteiger partial charge in [-0.3, -0.25) is 14.9 Å². The van der Waals surface area contributed by atoms with Crippen LogP contribution in [0.25, 0.3) is 16.7 Å². The molecule has 0 aliphatic heterocycles. The van der Waals surface area contributed by atoms with Gasteiger partial charge in [-0.1, -0.05) is 0 Å². The molecule has 0 unspecified atom stereocenters. The highest BCUT2D eigenvalue weighted by atomic mass is 16.6. The molecule has 1 N–H and O–H groups in total. The number of nitrogens with one attached hydrogen (secondary N) is 1. The van der Waals surface area contributed by atoms with Gasteiger partial charge >= 0.3 is 5.69 Å². The topological polar surface area (TPSA) is 115 Å². The first-order valence-corrected chi connectivity index (χ1v) is 11.8. The molecular weight excluding hydrogens is 460 g/mol. The van der Waals surface area contributed by atoms with E-state index < -0.39 is 10.8 Å². The number of carbonyl (C=O) groups is 1. The average Bonchev–Trinajstić information content (AvgIpc) is 3.28. The lowest BCUT2D eigenvalue weighted by Gasteiger charge is -2.20. The molecule has 4 aromatic rings. The fraction of sp³-hybridized carbons (Fsp3) is 0.269. The summed E-state index contributed by atoms with van der Waals surface area (Å²) in [5, 5.41) is 23.4. The minimum absolute atomic E-state index is 0.124. The first kappa shape index (κ1) is 24.6. The number of hydrogen-bond donors (Lipinski definition) is 1. The Hall–Kier alpha value is -4.47. The number of carbonyl (C=O) groups excluding carboxylic acids is 1. The molecule has 3 aromatic carbocycles. The third kappa shape index (κ3) is 4.97. The Labute approximate surface area is 208 Å². The first-order chi connectivity index (χ1) is 17.3. The Balaban J connectivity index is 1.59. The molecule has 0 aliphatic rings. The molecule has 0 radical (unpaired) electrons. The molecule has 1 amide bonds. The van der Waals surface area contributed by atoms with Gasteiger partial charge in [0.15, 0.2) is 5.75 Å². The van der Waals surface area contributed by atoms with Crippen LogP contribution in [0.2, 0.25) is 0 Å². The molecule has 186 valence electrons. The van der Waals surface area contributed by atoms with Crippen LogP contribution < -0.4 is 15.0 Å². The van der Waals surface area contributed by atoms with Gasteiger partial charge in [0.2, 0.25) is 0 Å². The van der Waals surface area contributed by atoms with Gasteiger partial charge in [-0.2, -0.15) is 4.80 Å². The number of aryl methyl sites for hydroxylation is 1. The zero-order chi connectivity index (χ0) is 25.8. The molecule has 0 spiro atoms. The lowest BCUT2D eigenvalue weighted by atomic mass is 10.1. The van der Waals surface area contributed by atoms with Crippen molar-refractivity contribution in [2.45, 2.75) is 27.7 Å². The number of benzene rings is 3. The second-order valence-electron chi connectivity index (χ2n) is 8.16. The van der Waals surface area contributed by atoms with Crippen molar-refractivity contribution >= 4 is 34.0 Å². The van der Waals surface area contributed by atoms with Gasteiger partial charge in [-0.15, -0.1) is 10.2 Å². The van der Waals surface area contributed by atoms with E-state index in [1.807, 2.05) is 37.3 Å². The van der Waals surface area contributed by atoms with Gasteiger partial charge in [0, 0.05) is 36.1 Å². The van der Waals surface area contributed by atoms with E-state index in [1.165, 1.54) is 18.2 Å². The Morgan fingerprint density at radius 2 is 1.69 bits per heavy atom. The normalized spacial score (nSPS) is 10.9. The Morgan fingerprint density at radius 1 is 1.03 bits per heavy atom. The molecule has 4 rings (SSSR count). The molecule has 0 aliphatic carbocycles. The molecule has 1 aromatic heterocycles. The number of fused-ring (bicyclic) bond motifs is 1. The molecule has 0 bridgehead atoms. The van der Waals surface area contributed by atoms with Gasteiger partial charge in [0.1, 0.15) is 11.0 Å². The third-order valence-electron chi connectivity index (χ3n) is 5.90. The van der Waals surface area contributed by atoms with Crippen molar-refractivity contribution < 1.29 is 14.5 Å². The van der Waals surface area contributed by atoms with Crippen molar-refractivity contribution in [1.29, 1.82) is 0 Å². The maximum Gasteiger partial charge on any atom is 0.311 e. The van der Waals surface area contributed by atoms with Crippen molar-refractivity contribution in [1.82, 2.24) is 15.0 Å². The van der Waals surface area contributed by atoms with E-state index in [0.717, 1.165) is 30.0 Å². The summed E-state index contributed by atoms with van der Waals surface area (Å²) in [7, 11) is 0. The molecule has 0 fully saturated rings. The molecule has 1 heterocycles. The van der Waals surface area contributed by atoms with Crippen molar-refractivity contribution in [2.75, 3.05) is 29.9 Å². The van der Waals surface area contributed by atoms with Crippen LogP contribution in [0.1, 0.15) is 36.7 Å². The maximum absolute atomic E-state index is 12.9. The van der Waals surface area contributed by atoms with E-state index in [2.05, 4.69) is 34.3 Å². The van der Waals surface area contributed by atoms with Crippen molar-refractivity contribution in [3.05, 3.63) is 75.8 Å². The average molecular weight is 489 g/mol. The fourth-order valence-electron chi connectivity index (χ4n) is 3.98. The summed E-state index contributed by atoms with van der Waals surface area (Å²) in [5.41, 5.74) is 4.50. The number of rotatable bonds is 9. The van der Waals surface area contributed by atoms with E-state index in [0.29, 0.717) is 16.7 Å². The van der Waals surface area contributed by atoms with Gasteiger partial charge in [-0.25, -0.2) is 0 Å². The Morgan fingerprint density at radius 3 is 2.31 bits per heavy atom. The van der Waals surface area contributed by atoms with Crippen LogP contribution in [0.15, 0.2) is 54.6 Å². The highest BCUT2D eigenvalue weighted by molar-refractivity contribution is 6.06. The number of nitro groups is 1. The monoisotopic (exact) mass is 488 g/mol. The van der Waals surface area contributed by atoms with Crippen molar-refractivity contribution in [2.24, 2.45) is 0 Å². The van der Waals surface area contributed by atoms with Crippen LogP contribution in [0.4, 0.5) is 17.1 Å². The summed E-state index contributed by atoms with van der Waals surface area (Å²) in [4.78, 5) is 27.6. The Kier molecular flexibility index (Phi) is 7.14. The predicted octanol–water partition coefficient (Wildman–Crippen LogP) is 5.13. The molecular formula is C26H28N6O4. The minimum atomic E-state index is -0.564. The van der Waals surface area contributed by atoms with Crippen LogP contribution in [-0.4, -0.2) is 45.5 Å². The lowest BCUT2D eigenvalue weighted by molar-refractivity contribution is -0.385. The number of hydrogen-bond acceptors (Lipinski definition) is 7. The Bertz CT molecular complexity index is 1410. The van der Waals surface area contributed by atoms with Crippen LogP contribution >= 0.6 is 0 Å². The standard InChI is InChI=1S/C26H28N6O4/c1-5-30(6-2)19-9-11-20(12-10-19)31-28-22-14-17(4)21(16-23(22)29-31)27-26(33)18-8-13-25(36-7-3)24(15-18)32(34)35/h8-16H,5-7H2,1-4H3,(H,27,33). The summed E-state index contributed by atoms with van der Waals surface area (Å²) in [6.07, 6.45) is 0. The smallest absolute Gasteiger partial charge is 0.311 e. The maximum atomic E-state index is 12.9. The second-order valence-corrected chi connectivity index (χ2v) is 8.16. The highest BCUT2D eigenvalue weighted by Gasteiger charge is 2.19. The number of nitro benzene ring substituents is 1. The molecule has 10 heteroatoms. The number of aromatic nitrogens is 3. The zero-order valence-electron chi connectivity index (χ0n) is 20.7. The molecule has 0 atom stereocenters. The largest absolute Gasteiger partial charge is 0.487 e. The number of amides is 1. The predicted molar refractivity (Wildman–Crippen MR) is 139 cm³/mol.